The van der Waals surface area contributed by atoms with E-state index in [1.54, 1.807) is 12.1 Å². The Labute approximate surface area is 138 Å². The first-order valence-corrected chi connectivity index (χ1v) is 7.21. The van der Waals surface area contributed by atoms with Crippen LogP contribution in [-0.4, -0.2) is 26.2 Å². The van der Waals surface area contributed by atoms with Crippen molar-refractivity contribution in [1.29, 1.82) is 0 Å². The van der Waals surface area contributed by atoms with Gasteiger partial charge in [0.15, 0.2) is 0 Å². The van der Waals surface area contributed by atoms with E-state index in [0.717, 1.165) is 5.56 Å². The number of aromatic hydroxyl groups is 1. The van der Waals surface area contributed by atoms with Crippen LogP contribution < -0.4 is 11.1 Å². The SMILES string of the molecule is CC(=O)Nc1cc(-c2nnc(N)nc2-c2ccccc2)ccc1O. The molecule has 0 aliphatic carbocycles. The van der Waals surface area contributed by atoms with Crippen molar-refractivity contribution in [2.45, 2.75) is 6.92 Å². The van der Waals surface area contributed by atoms with Gasteiger partial charge in [-0.3, -0.25) is 4.79 Å². The highest BCUT2D eigenvalue weighted by Gasteiger charge is 2.14. The third-order valence-electron chi connectivity index (χ3n) is 3.33. The molecule has 1 amide bonds. The summed E-state index contributed by atoms with van der Waals surface area (Å²) in [5.74, 6) is -0.253. The summed E-state index contributed by atoms with van der Waals surface area (Å²) >= 11 is 0. The third kappa shape index (κ3) is 3.14. The molecule has 7 heteroatoms. The Bertz CT molecular complexity index is 897. The van der Waals surface area contributed by atoms with E-state index in [4.69, 9.17) is 5.73 Å². The molecule has 0 bridgehead atoms. The van der Waals surface area contributed by atoms with Gasteiger partial charge in [0.25, 0.3) is 0 Å². The number of nitrogens with zero attached hydrogens (tertiary/aromatic N) is 3. The quantitative estimate of drug-likeness (QED) is 0.638. The van der Waals surface area contributed by atoms with Crippen molar-refractivity contribution < 1.29 is 9.90 Å². The van der Waals surface area contributed by atoms with E-state index in [9.17, 15) is 9.90 Å². The van der Waals surface area contributed by atoms with Crippen LogP contribution in [-0.2, 0) is 4.79 Å². The minimum atomic E-state index is -0.285. The number of phenolic OH excluding ortho intramolecular Hbond substituents is 1. The number of anilines is 2. The summed E-state index contributed by atoms with van der Waals surface area (Å²) in [6.45, 7) is 1.37. The molecule has 24 heavy (non-hydrogen) atoms. The molecule has 4 N–H and O–H groups in total. The second kappa shape index (κ2) is 6.33. The van der Waals surface area contributed by atoms with Gasteiger partial charge in [0.2, 0.25) is 11.9 Å². The van der Waals surface area contributed by atoms with E-state index >= 15 is 0 Å². The molecule has 0 unspecified atom stereocenters. The lowest BCUT2D eigenvalue weighted by Crippen LogP contribution is -2.06. The second-order valence-electron chi connectivity index (χ2n) is 5.15. The van der Waals surface area contributed by atoms with Crippen LogP contribution in [0.15, 0.2) is 48.5 Å². The zero-order chi connectivity index (χ0) is 17.1. The van der Waals surface area contributed by atoms with Crippen LogP contribution in [0.1, 0.15) is 6.92 Å². The van der Waals surface area contributed by atoms with Crippen LogP contribution in [0, 0.1) is 0 Å². The Hall–Kier alpha value is -3.48. The molecule has 120 valence electrons. The predicted octanol–water partition coefficient (Wildman–Crippen LogP) is 2.45. The van der Waals surface area contributed by atoms with Gasteiger partial charge in [-0.2, -0.15) is 0 Å². The maximum absolute atomic E-state index is 11.3. The van der Waals surface area contributed by atoms with Crippen molar-refractivity contribution in [3.63, 3.8) is 0 Å². The van der Waals surface area contributed by atoms with Gasteiger partial charge >= 0.3 is 0 Å². The van der Waals surface area contributed by atoms with E-state index in [1.807, 2.05) is 30.3 Å². The fraction of sp³-hybridized carbons (Fsp3) is 0.0588. The summed E-state index contributed by atoms with van der Waals surface area (Å²) in [4.78, 5) is 15.6. The van der Waals surface area contributed by atoms with Gasteiger partial charge in [-0.05, 0) is 18.2 Å². The molecule has 0 spiro atoms. The van der Waals surface area contributed by atoms with E-state index in [1.165, 1.54) is 13.0 Å². The topological polar surface area (TPSA) is 114 Å². The molecule has 0 atom stereocenters. The smallest absolute Gasteiger partial charge is 0.240 e. The fourth-order valence-corrected chi connectivity index (χ4v) is 2.30. The van der Waals surface area contributed by atoms with Crippen LogP contribution >= 0.6 is 0 Å². The van der Waals surface area contributed by atoms with Crippen molar-refractivity contribution in [2.24, 2.45) is 0 Å². The van der Waals surface area contributed by atoms with Gasteiger partial charge in [-0.1, -0.05) is 30.3 Å². The van der Waals surface area contributed by atoms with Gasteiger partial charge in [0.1, 0.15) is 17.1 Å². The molecule has 3 aromatic rings. The molecule has 1 aromatic heterocycles. The molecule has 0 aliphatic rings. The van der Waals surface area contributed by atoms with Crippen LogP contribution in [0.2, 0.25) is 0 Å². The van der Waals surface area contributed by atoms with E-state index in [0.29, 0.717) is 17.0 Å². The number of nitrogens with two attached hydrogens (primary N) is 1. The summed E-state index contributed by atoms with van der Waals surface area (Å²) in [6.07, 6.45) is 0. The number of rotatable bonds is 3. The highest BCUT2D eigenvalue weighted by Crippen LogP contribution is 2.33. The van der Waals surface area contributed by atoms with Crippen molar-refractivity contribution in [3.8, 4) is 28.3 Å². The Kier molecular flexibility index (Phi) is 4.07. The van der Waals surface area contributed by atoms with Gasteiger partial charge in [-0.25, -0.2) is 4.98 Å². The summed E-state index contributed by atoms with van der Waals surface area (Å²) < 4.78 is 0. The monoisotopic (exact) mass is 321 g/mol. The molecular weight excluding hydrogens is 306 g/mol. The standard InChI is InChI=1S/C17H15N5O2/c1-10(23)19-13-9-12(7-8-14(13)24)16-15(20-17(18)22-21-16)11-5-3-2-4-6-11/h2-9,24H,1H3,(H,19,23)(H2,18,20,22). The van der Waals surface area contributed by atoms with Crippen LogP contribution in [0.5, 0.6) is 5.75 Å². The lowest BCUT2D eigenvalue weighted by molar-refractivity contribution is -0.114. The minimum Gasteiger partial charge on any atom is -0.506 e. The van der Waals surface area contributed by atoms with Crippen LogP contribution in [0.3, 0.4) is 0 Å². The van der Waals surface area contributed by atoms with E-state index in [-0.39, 0.29) is 23.3 Å². The molecular formula is C17H15N5O2. The Morgan fingerprint density at radius 1 is 1.04 bits per heavy atom. The van der Waals surface area contributed by atoms with Gasteiger partial charge in [0.05, 0.1) is 5.69 Å². The number of carbonyl (C=O) groups is 1. The van der Waals surface area contributed by atoms with Crippen LogP contribution in [0.25, 0.3) is 22.5 Å². The van der Waals surface area contributed by atoms with Crippen molar-refractivity contribution in [3.05, 3.63) is 48.5 Å². The Morgan fingerprint density at radius 2 is 1.79 bits per heavy atom. The normalized spacial score (nSPS) is 10.4. The summed E-state index contributed by atoms with van der Waals surface area (Å²) in [7, 11) is 0. The van der Waals surface area contributed by atoms with Crippen molar-refractivity contribution in [2.75, 3.05) is 11.1 Å². The number of nitrogens with one attached hydrogen (secondary N) is 1. The maximum Gasteiger partial charge on any atom is 0.240 e. The largest absolute Gasteiger partial charge is 0.506 e. The van der Waals surface area contributed by atoms with Gasteiger partial charge < -0.3 is 16.2 Å². The predicted molar refractivity (Wildman–Crippen MR) is 91.1 cm³/mol. The minimum absolute atomic E-state index is 0.0356. The van der Waals surface area contributed by atoms with Gasteiger partial charge in [0, 0.05) is 18.1 Å². The number of carbonyl (C=O) groups excluding carboxylic acids is 1. The zero-order valence-corrected chi connectivity index (χ0v) is 12.9. The first-order valence-electron chi connectivity index (χ1n) is 7.21. The number of phenols is 1. The van der Waals surface area contributed by atoms with E-state index in [2.05, 4.69) is 20.5 Å². The average Bonchev–Trinajstić information content (AvgIpc) is 2.57. The third-order valence-corrected chi connectivity index (χ3v) is 3.33. The summed E-state index contributed by atoms with van der Waals surface area (Å²) in [6, 6.07) is 14.2. The Morgan fingerprint density at radius 3 is 2.50 bits per heavy atom. The molecule has 0 saturated heterocycles. The molecule has 1 heterocycles. The molecule has 0 saturated carbocycles. The molecule has 2 aromatic carbocycles. The molecule has 3 rings (SSSR count). The number of nitrogen functional groups attached to an aromatic ring is 1. The van der Waals surface area contributed by atoms with Crippen molar-refractivity contribution >= 4 is 17.5 Å². The number of benzene rings is 2. The first kappa shape index (κ1) is 15.4. The highest BCUT2D eigenvalue weighted by atomic mass is 16.3. The number of amides is 1. The number of hydrogen-bond donors (Lipinski definition) is 3. The van der Waals surface area contributed by atoms with Crippen LogP contribution in [0.4, 0.5) is 11.6 Å². The number of aromatic nitrogens is 3. The average molecular weight is 321 g/mol. The fourth-order valence-electron chi connectivity index (χ4n) is 2.30. The Balaban J connectivity index is 2.15. The maximum atomic E-state index is 11.3. The zero-order valence-electron chi connectivity index (χ0n) is 12.9. The summed E-state index contributed by atoms with van der Waals surface area (Å²) in [5.41, 5.74) is 8.53. The molecule has 0 aliphatic heterocycles. The lowest BCUT2D eigenvalue weighted by Gasteiger charge is -2.11. The van der Waals surface area contributed by atoms with Crippen molar-refractivity contribution in [1.82, 2.24) is 15.2 Å². The summed E-state index contributed by atoms with van der Waals surface area (Å²) in [5, 5.41) is 20.4. The second-order valence-corrected chi connectivity index (χ2v) is 5.15. The van der Waals surface area contributed by atoms with E-state index < -0.39 is 0 Å². The first-order chi connectivity index (χ1) is 11.5. The highest BCUT2D eigenvalue weighted by molar-refractivity contribution is 5.92. The molecule has 0 radical (unpaired) electrons. The number of hydrogen-bond acceptors (Lipinski definition) is 6. The van der Waals surface area contributed by atoms with Gasteiger partial charge in [-0.15, -0.1) is 10.2 Å². The molecule has 7 nitrogen and oxygen atoms in total. The lowest BCUT2D eigenvalue weighted by atomic mass is 10.0. The molecule has 0 fully saturated rings.